The van der Waals surface area contributed by atoms with Crippen molar-refractivity contribution >= 4 is 72.7 Å². The number of halogens is 2. The number of rotatable bonds is 8. The van der Waals surface area contributed by atoms with Crippen molar-refractivity contribution in [3.63, 3.8) is 0 Å². The molecule has 1 heterocycles. The third-order valence-corrected chi connectivity index (χ3v) is 8.11. The number of hydrogen-bond acceptors (Lipinski definition) is 7. The van der Waals surface area contributed by atoms with Gasteiger partial charge in [-0.2, -0.15) is 5.10 Å². The summed E-state index contributed by atoms with van der Waals surface area (Å²) in [6, 6.07) is 19.5. The van der Waals surface area contributed by atoms with E-state index in [0.717, 1.165) is 10.1 Å². The molecule has 1 aromatic heterocycles. The van der Waals surface area contributed by atoms with Crippen molar-refractivity contribution in [2.45, 2.75) is 4.90 Å². The fourth-order valence-corrected chi connectivity index (χ4v) is 5.54. The fraction of sp³-hybridized carbons (Fsp3) is 0.0417. The Balaban J connectivity index is 1.38. The maximum absolute atomic E-state index is 12.8. The minimum absolute atomic E-state index is 0.0299. The van der Waals surface area contributed by atoms with Gasteiger partial charge in [-0.05, 0) is 42.5 Å². The van der Waals surface area contributed by atoms with E-state index in [9.17, 15) is 18.0 Å². The molecule has 0 saturated carbocycles. The fourth-order valence-electron chi connectivity index (χ4n) is 3.04. The zero-order valence-corrected chi connectivity index (χ0v) is 21.4. The van der Waals surface area contributed by atoms with Crippen molar-refractivity contribution in [1.29, 1.82) is 0 Å². The first-order valence-electron chi connectivity index (χ1n) is 10.3. The van der Waals surface area contributed by atoms with E-state index in [1.165, 1.54) is 41.8 Å². The quantitative estimate of drug-likeness (QED) is 0.138. The van der Waals surface area contributed by atoms with Gasteiger partial charge < -0.3 is 4.74 Å². The van der Waals surface area contributed by atoms with Crippen LogP contribution in [0.25, 0.3) is 10.1 Å². The lowest BCUT2D eigenvalue weighted by Crippen LogP contribution is -2.34. The highest BCUT2D eigenvalue weighted by atomic mass is 35.5. The molecule has 0 spiro atoms. The summed E-state index contributed by atoms with van der Waals surface area (Å²) < 4.78 is 33.1. The van der Waals surface area contributed by atoms with E-state index >= 15 is 0 Å². The number of ether oxygens (including phenoxy) is 1. The molecule has 0 aliphatic heterocycles. The molecule has 0 saturated heterocycles. The highest BCUT2D eigenvalue weighted by Gasteiger charge is 2.20. The van der Waals surface area contributed by atoms with Crippen molar-refractivity contribution in [2.24, 2.45) is 5.10 Å². The predicted molar refractivity (Wildman–Crippen MR) is 141 cm³/mol. The summed E-state index contributed by atoms with van der Waals surface area (Å²) >= 11 is 13.4. The molecular formula is C24H17Cl2N3O5S2. The summed E-state index contributed by atoms with van der Waals surface area (Å²) in [6.07, 6.45) is 1.28. The number of hydrogen-bond donors (Lipinski definition) is 2. The van der Waals surface area contributed by atoms with Crippen LogP contribution in [0.4, 0.5) is 0 Å². The largest absolute Gasteiger partial charge is 0.422 e. The molecule has 0 atom stereocenters. The second-order valence-electron chi connectivity index (χ2n) is 7.24. The van der Waals surface area contributed by atoms with Crippen molar-refractivity contribution in [3.8, 4) is 5.75 Å². The average molecular weight is 562 g/mol. The van der Waals surface area contributed by atoms with Gasteiger partial charge in [0.25, 0.3) is 5.91 Å². The molecule has 0 aliphatic carbocycles. The molecule has 2 N–H and O–H groups in total. The molecular weight excluding hydrogens is 545 g/mol. The molecule has 0 radical (unpaired) electrons. The molecule has 1 amide bonds. The Bertz CT molecular complexity index is 1570. The van der Waals surface area contributed by atoms with Gasteiger partial charge in [-0.3, -0.25) is 4.79 Å². The first-order valence-corrected chi connectivity index (χ1v) is 13.4. The number of carbonyl (C=O) groups excluding carboxylic acids is 2. The summed E-state index contributed by atoms with van der Waals surface area (Å²) in [5.41, 5.74) is 2.63. The maximum atomic E-state index is 12.8. The molecule has 8 nitrogen and oxygen atoms in total. The lowest BCUT2D eigenvalue weighted by atomic mass is 10.2. The van der Waals surface area contributed by atoms with Crippen molar-refractivity contribution in [1.82, 2.24) is 10.1 Å². The van der Waals surface area contributed by atoms with Crippen LogP contribution in [0.3, 0.4) is 0 Å². The van der Waals surface area contributed by atoms with Crippen molar-refractivity contribution in [2.75, 3.05) is 6.54 Å². The lowest BCUT2D eigenvalue weighted by Gasteiger charge is -2.07. The van der Waals surface area contributed by atoms with E-state index < -0.39 is 28.4 Å². The van der Waals surface area contributed by atoms with Gasteiger partial charge in [0.2, 0.25) is 10.0 Å². The first-order chi connectivity index (χ1) is 17.2. The molecule has 4 rings (SSSR count). The Hall–Kier alpha value is -3.28. The van der Waals surface area contributed by atoms with Gasteiger partial charge >= 0.3 is 5.97 Å². The highest BCUT2D eigenvalue weighted by Crippen LogP contribution is 2.36. The molecule has 0 unspecified atom stereocenters. The van der Waals surface area contributed by atoms with Crippen LogP contribution in [0.15, 0.2) is 82.8 Å². The SMILES string of the molecule is O=C(CNS(=O)(=O)c1ccc(Cl)cc1)NN=Cc1ccccc1OC(=O)c1sc2ccccc2c1Cl. The molecule has 12 heteroatoms. The summed E-state index contributed by atoms with van der Waals surface area (Å²) in [4.78, 5) is 25.1. The van der Waals surface area contributed by atoms with Crippen LogP contribution in [0.5, 0.6) is 5.75 Å². The standard InChI is InChI=1S/C24H17Cl2N3O5S2/c25-16-9-11-17(12-10-16)36(32,33)28-14-21(30)29-27-13-15-5-1-3-7-19(15)34-24(31)23-22(26)18-6-2-4-8-20(18)35-23/h1-13,28H,14H2,(H,29,30). The second-order valence-corrected chi connectivity index (χ2v) is 10.9. The minimum atomic E-state index is -3.90. The number of carbonyl (C=O) groups is 2. The topological polar surface area (TPSA) is 114 Å². The first kappa shape index (κ1) is 25.8. The van der Waals surface area contributed by atoms with Crippen LogP contribution >= 0.6 is 34.5 Å². The zero-order valence-electron chi connectivity index (χ0n) is 18.3. The smallest absolute Gasteiger partial charge is 0.355 e. The number of thiophene rings is 1. The summed E-state index contributed by atoms with van der Waals surface area (Å²) in [5, 5.41) is 5.30. The molecule has 0 aliphatic rings. The number of sulfonamides is 1. The number of nitrogens with zero attached hydrogens (tertiary/aromatic N) is 1. The Morgan fingerprint density at radius 3 is 2.42 bits per heavy atom. The Kier molecular flexibility index (Phi) is 8.02. The average Bonchev–Trinajstić information content (AvgIpc) is 3.21. The number of amides is 1. The van der Waals surface area contributed by atoms with Gasteiger partial charge in [-0.15, -0.1) is 11.3 Å². The summed E-state index contributed by atoms with van der Waals surface area (Å²) in [6.45, 7) is -0.538. The Morgan fingerprint density at radius 1 is 0.972 bits per heavy atom. The molecule has 0 fully saturated rings. The summed E-state index contributed by atoms with van der Waals surface area (Å²) in [7, 11) is -3.90. The van der Waals surface area contributed by atoms with Gasteiger partial charge in [0.05, 0.1) is 22.7 Å². The maximum Gasteiger partial charge on any atom is 0.355 e. The van der Waals surface area contributed by atoms with E-state index in [0.29, 0.717) is 15.6 Å². The van der Waals surface area contributed by atoms with Gasteiger partial charge in [0.15, 0.2) is 0 Å². The monoisotopic (exact) mass is 561 g/mol. The van der Waals surface area contributed by atoms with Gasteiger partial charge in [-0.1, -0.05) is 53.5 Å². The molecule has 0 bridgehead atoms. The van der Waals surface area contributed by atoms with E-state index in [1.54, 1.807) is 24.3 Å². The second kappa shape index (κ2) is 11.2. The van der Waals surface area contributed by atoms with Crippen molar-refractivity contribution in [3.05, 3.63) is 93.3 Å². The van der Waals surface area contributed by atoms with Crippen LogP contribution in [-0.4, -0.2) is 33.1 Å². The number of hydrazone groups is 1. The third-order valence-electron chi connectivity index (χ3n) is 4.78. The lowest BCUT2D eigenvalue weighted by molar-refractivity contribution is -0.119. The van der Waals surface area contributed by atoms with Gasteiger partial charge in [-0.25, -0.2) is 23.4 Å². The number of nitrogens with one attached hydrogen (secondary N) is 2. The van der Waals surface area contributed by atoms with E-state index in [-0.39, 0.29) is 15.5 Å². The molecule has 36 heavy (non-hydrogen) atoms. The van der Waals surface area contributed by atoms with E-state index in [1.807, 2.05) is 24.3 Å². The van der Waals surface area contributed by atoms with Crippen LogP contribution in [0, 0.1) is 0 Å². The summed E-state index contributed by atoms with van der Waals surface area (Å²) in [5.74, 6) is -1.12. The van der Waals surface area contributed by atoms with E-state index in [4.69, 9.17) is 27.9 Å². The predicted octanol–water partition coefficient (Wildman–Crippen LogP) is 4.86. The Labute approximate surface area is 220 Å². The molecule has 3 aromatic carbocycles. The molecule has 184 valence electrons. The molecule has 4 aromatic rings. The highest BCUT2D eigenvalue weighted by molar-refractivity contribution is 7.89. The van der Waals surface area contributed by atoms with Crippen LogP contribution in [0.1, 0.15) is 15.2 Å². The van der Waals surface area contributed by atoms with Gasteiger partial charge in [0.1, 0.15) is 10.6 Å². The third kappa shape index (κ3) is 6.10. The van der Waals surface area contributed by atoms with E-state index in [2.05, 4.69) is 15.2 Å². The van der Waals surface area contributed by atoms with Crippen LogP contribution in [0.2, 0.25) is 10.0 Å². The number of fused-ring (bicyclic) bond motifs is 1. The number of benzene rings is 3. The van der Waals surface area contributed by atoms with Crippen LogP contribution in [-0.2, 0) is 14.8 Å². The Morgan fingerprint density at radius 2 is 1.67 bits per heavy atom. The van der Waals surface area contributed by atoms with Gasteiger partial charge in [0, 0.05) is 20.7 Å². The minimum Gasteiger partial charge on any atom is -0.422 e. The van der Waals surface area contributed by atoms with Crippen molar-refractivity contribution < 1.29 is 22.7 Å². The number of esters is 1. The number of para-hydroxylation sites is 1. The zero-order chi connectivity index (χ0) is 25.7. The normalized spacial score (nSPS) is 11.6. The van der Waals surface area contributed by atoms with Crippen LogP contribution < -0.4 is 14.9 Å².